The standard InChI is InChI=1S/C21H25ClN2O2/c1-15-4-6-17(7-5-15)20(25)12-13-21(26)23-14-19(24(2)3)16-8-10-18(22)11-9-16/h4-11,19H,12-14H2,1-3H3,(H,23,26). The number of halogens is 1. The van der Waals surface area contributed by atoms with Crippen molar-refractivity contribution in [1.29, 1.82) is 0 Å². The van der Waals surface area contributed by atoms with Crippen molar-refractivity contribution < 1.29 is 9.59 Å². The van der Waals surface area contributed by atoms with Crippen LogP contribution in [0.15, 0.2) is 48.5 Å². The second kappa shape index (κ2) is 9.51. The minimum Gasteiger partial charge on any atom is -0.354 e. The van der Waals surface area contributed by atoms with E-state index in [1.165, 1.54) is 0 Å². The molecule has 2 aromatic carbocycles. The smallest absolute Gasteiger partial charge is 0.220 e. The minimum absolute atomic E-state index is 0.0120. The third-order valence-corrected chi connectivity index (χ3v) is 4.58. The Morgan fingerprint density at radius 3 is 2.19 bits per heavy atom. The minimum atomic E-state index is -0.119. The van der Waals surface area contributed by atoms with Gasteiger partial charge in [0.05, 0.1) is 6.04 Å². The number of rotatable bonds is 8. The van der Waals surface area contributed by atoms with Gasteiger partial charge in [-0.3, -0.25) is 9.59 Å². The third kappa shape index (κ3) is 5.97. The van der Waals surface area contributed by atoms with Crippen LogP contribution in [0.5, 0.6) is 0 Å². The quantitative estimate of drug-likeness (QED) is 0.712. The van der Waals surface area contributed by atoms with Gasteiger partial charge < -0.3 is 10.2 Å². The summed E-state index contributed by atoms with van der Waals surface area (Å²) < 4.78 is 0. The first-order valence-corrected chi connectivity index (χ1v) is 9.03. The van der Waals surface area contributed by atoms with Crippen LogP contribution in [-0.2, 0) is 4.79 Å². The molecule has 0 saturated heterocycles. The Morgan fingerprint density at radius 1 is 1.00 bits per heavy atom. The van der Waals surface area contributed by atoms with Gasteiger partial charge in [-0.2, -0.15) is 0 Å². The van der Waals surface area contributed by atoms with Gasteiger partial charge in [0.25, 0.3) is 0 Å². The van der Waals surface area contributed by atoms with Crippen LogP contribution in [-0.4, -0.2) is 37.2 Å². The van der Waals surface area contributed by atoms with Crippen LogP contribution in [0.2, 0.25) is 5.02 Å². The molecule has 0 aliphatic rings. The van der Waals surface area contributed by atoms with Crippen LogP contribution >= 0.6 is 11.6 Å². The van der Waals surface area contributed by atoms with Gasteiger partial charge in [-0.1, -0.05) is 53.6 Å². The largest absolute Gasteiger partial charge is 0.354 e. The van der Waals surface area contributed by atoms with Gasteiger partial charge in [0, 0.05) is 30.0 Å². The number of benzene rings is 2. The number of hydrogen-bond donors (Lipinski definition) is 1. The van der Waals surface area contributed by atoms with Crippen LogP contribution in [0.1, 0.15) is 40.4 Å². The Balaban J connectivity index is 1.85. The van der Waals surface area contributed by atoms with E-state index in [9.17, 15) is 9.59 Å². The molecule has 4 nitrogen and oxygen atoms in total. The SMILES string of the molecule is Cc1ccc(C(=O)CCC(=O)NCC(c2ccc(Cl)cc2)N(C)C)cc1. The number of ketones is 1. The van der Waals surface area contributed by atoms with Crippen molar-refractivity contribution >= 4 is 23.3 Å². The number of aryl methyl sites for hydroxylation is 1. The van der Waals surface area contributed by atoms with Gasteiger partial charge in [0.2, 0.25) is 5.91 Å². The van der Waals surface area contributed by atoms with Crippen molar-refractivity contribution in [2.45, 2.75) is 25.8 Å². The monoisotopic (exact) mass is 372 g/mol. The first-order chi connectivity index (χ1) is 12.4. The number of nitrogens with one attached hydrogen (secondary N) is 1. The predicted molar refractivity (Wildman–Crippen MR) is 106 cm³/mol. The van der Waals surface area contributed by atoms with Crippen LogP contribution < -0.4 is 5.32 Å². The van der Waals surface area contributed by atoms with Gasteiger partial charge in [-0.25, -0.2) is 0 Å². The molecule has 138 valence electrons. The molecule has 1 unspecified atom stereocenters. The first-order valence-electron chi connectivity index (χ1n) is 8.65. The second-order valence-corrected chi connectivity index (χ2v) is 7.06. The normalized spacial score (nSPS) is 12.0. The Morgan fingerprint density at radius 2 is 1.62 bits per heavy atom. The summed E-state index contributed by atoms with van der Waals surface area (Å²) in [7, 11) is 3.93. The third-order valence-electron chi connectivity index (χ3n) is 4.32. The Labute approximate surface area is 160 Å². The highest BCUT2D eigenvalue weighted by Crippen LogP contribution is 2.20. The summed E-state index contributed by atoms with van der Waals surface area (Å²) in [5.74, 6) is -0.131. The van der Waals surface area contributed by atoms with Crippen molar-refractivity contribution in [2.75, 3.05) is 20.6 Å². The van der Waals surface area contributed by atoms with Crippen molar-refractivity contribution in [1.82, 2.24) is 10.2 Å². The van der Waals surface area contributed by atoms with E-state index in [1.54, 1.807) is 12.1 Å². The zero-order valence-corrected chi connectivity index (χ0v) is 16.2. The molecule has 0 spiro atoms. The molecule has 2 rings (SSSR count). The van der Waals surface area contributed by atoms with Crippen LogP contribution in [0.25, 0.3) is 0 Å². The van der Waals surface area contributed by atoms with Crippen molar-refractivity contribution in [2.24, 2.45) is 0 Å². The molecule has 0 aromatic heterocycles. The Kier molecular flexibility index (Phi) is 7.37. The molecule has 26 heavy (non-hydrogen) atoms. The molecule has 0 heterocycles. The average Bonchev–Trinajstić information content (AvgIpc) is 2.61. The molecule has 5 heteroatoms. The molecule has 2 aromatic rings. The van der Waals surface area contributed by atoms with E-state index in [0.717, 1.165) is 11.1 Å². The number of Topliss-reactive ketones (excluding diaryl/α,β-unsaturated/α-hetero) is 1. The highest BCUT2D eigenvalue weighted by molar-refractivity contribution is 6.30. The van der Waals surface area contributed by atoms with Crippen molar-refractivity contribution in [3.63, 3.8) is 0 Å². The first kappa shape index (κ1) is 20.1. The summed E-state index contributed by atoms with van der Waals surface area (Å²) in [5.41, 5.74) is 2.84. The van der Waals surface area contributed by atoms with Gasteiger partial charge in [0.15, 0.2) is 5.78 Å². The highest BCUT2D eigenvalue weighted by atomic mass is 35.5. The average molecular weight is 373 g/mol. The van der Waals surface area contributed by atoms with E-state index in [2.05, 4.69) is 5.32 Å². The van der Waals surface area contributed by atoms with E-state index < -0.39 is 0 Å². The van der Waals surface area contributed by atoms with E-state index in [-0.39, 0.29) is 30.6 Å². The number of likely N-dealkylation sites (N-methyl/N-ethyl adjacent to an activating group) is 1. The van der Waals surface area contributed by atoms with Crippen molar-refractivity contribution in [3.8, 4) is 0 Å². The summed E-state index contributed by atoms with van der Waals surface area (Å²) in [6.07, 6.45) is 0.399. The molecule has 0 saturated carbocycles. The van der Waals surface area contributed by atoms with Gasteiger partial charge in [0.1, 0.15) is 0 Å². The molecule has 0 aliphatic carbocycles. The molecule has 0 bridgehead atoms. The molecule has 1 atom stereocenters. The lowest BCUT2D eigenvalue weighted by Gasteiger charge is -2.25. The number of carbonyl (C=O) groups is 2. The van der Waals surface area contributed by atoms with E-state index >= 15 is 0 Å². The maximum absolute atomic E-state index is 12.2. The lowest BCUT2D eigenvalue weighted by Crippen LogP contribution is -2.34. The molecule has 0 radical (unpaired) electrons. The molecule has 0 fully saturated rings. The van der Waals surface area contributed by atoms with E-state index in [0.29, 0.717) is 17.1 Å². The predicted octanol–water partition coefficient (Wildman–Crippen LogP) is 4.03. The summed E-state index contributed by atoms with van der Waals surface area (Å²) in [5, 5.41) is 3.61. The second-order valence-electron chi connectivity index (χ2n) is 6.62. The maximum atomic E-state index is 12.2. The van der Waals surface area contributed by atoms with E-state index in [4.69, 9.17) is 11.6 Å². The lowest BCUT2D eigenvalue weighted by atomic mass is 10.0. The van der Waals surface area contributed by atoms with Crippen LogP contribution in [0.4, 0.5) is 0 Å². The fourth-order valence-corrected chi connectivity index (χ4v) is 2.82. The number of carbonyl (C=O) groups excluding carboxylic acids is 2. The number of hydrogen-bond acceptors (Lipinski definition) is 3. The van der Waals surface area contributed by atoms with Gasteiger partial charge in [-0.05, 0) is 38.7 Å². The molecular weight excluding hydrogens is 348 g/mol. The van der Waals surface area contributed by atoms with Gasteiger partial charge >= 0.3 is 0 Å². The Bertz CT molecular complexity index is 740. The Hall–Kier alpha value is -2.17. The molecule has 1 amide bonds. The molecule has 0 aliphatic heterocycles. The summed E-state index contributed by atoms with van der Waals surface area (Å²) in [6, 6.07) is 15.1. The topological polar surface area (TPSA) is 49.4 Å². The lowest BCUT2D eigenvalue weighted by molar-refractivity contribution is -0.121. The fourth-order valence-electron chi connectivity index (χ4n) is 2.69. The van der Waals surface area contributed by atoms with Crippen LogP contribution in [0, 0.1) is 6.92 Å². The summed E-state index contributed by atoms with van der Waals surface area (Å²) in [4.78, 5) is 26.3. The fraction of sp³-hybridized carbons (Fsp3) is 0.333. The molecule has 1 N–H and O–H groups in total. The van der Waals surface area contributed by atoms with Crippen molar-refractivity contribution in [3.05, 3.63) is 70.2 Å². The zero-order chi connectivity index (χ0) is 19.1. The van der Waals surface area contributed by atoms with Crippen LogP contribution in [0.3, 0.4) is 0 Å². The summed E-state index contributed by atoms with van der Waals surface area (Å²) in [6.45, 7) is 2.45. The number of amides is 1. The number of nitrogens with zero attached hydrogens (tertiary/aromatic N) is 1. The zero-order valence-electron chi connectivity index (χ0n) is 15.5. The summed E-state index contributed by atoms with van der Waals surface area (Å²) >= 11 is 5.94. The van der Waals surface area contributed by atoms with Gasteiger partial charge in [-0.15, -0.1) is 0 Å². The molecular formula is C21H25ClN2O2. The van der Waals surface area contributed by atoms with E-state index in [1.807, 2.05) is 62.3 Å². The highest BCUT2D eigenvalue weighted by Gasteiger charge is 2.16. The maximum Gasteiger partial charge on any atom is 0.220 e.